The number of hydrogen-bond acceptors (Lipinski definition) is 4. The van der Waals surface area contributed by atoms with Crippen LogP contribution in [0.4, 0.5) is 0 Å². The van der Waals surface area contributed by atoms with Crippen LogP contribution in [0, 0.1) is 0 Å². The number of nitrogens with two attached hydrogens (primary N) is 3. The quantitative estimate of drug-likeness (QED) is 0.234. The molecular formula is C22H49N3O2. The van der Waals surface area contributed by atoms with Crippen LogP contribution in [0.1, 0.15) is 116 Å². The molecule has 0 aliphatic carbocycles. The molecule has 0 aromatic rings. The van der Waals surface area contributed by atoms with Crippen molar-refractivity contribution >= 4 is 5.97 Å². The highest BCUT2D eigenvalue weighted by atomic mass is 16.4. The number of rotatable bonds is 19. The summed E-state index contributed by atoms with van der Waals surface area (Å²) in [7, 11) is 0. The zero-order valence-corrected chi connectivity index (χ0v) is 18.1. The van der Waals surface area contributed by atoms with Gasteiger partial charge in [0, 0.05) is 0 Å². The van der Waals surface area contributed by atoms with Crippen LogP contribution in [0.3, 0.4) is 0 Å². The molecule has 0 heterocycles. The van der Waals surface area contributed by atoms with E-state index in [-0.39, 0.29) is 0 Å². The fraction of sp³-hybridized carbons (Fsp3) is 0.955. The summed E-state index contributed by atoms with van der Waals surface area (Å²) in [6.07, 6.45) is 22.0. The zero-order chi connectivity index (χ0) is 20.6. The van der Waals surface area contributed by atoms with Crippen molar-refractivity contribution in [3.05, 3.63) is 0 Å². The Hall–Kier alpha value is -0.650. The molecule has 27 heavy (non-hydrogen) atoms. The van der Waals surface area contributed by atoms with Crippen LogP contribution in [0.2, 0.25) is 0 Å². The number of hydrogen-bond donors (Lipinski definition) is 4. The number of carbonyl (C=O) groups is 1. The van der Waals surface area contributed by atoms with Crippen molar-refractivity contribution in [3.8, 4) is 0 Å². The Labute approximate surface area is 168 Å². The van der Waals surface area contributed by atoms with Crippen LogP contribution >= 0.6 is 0 Å². The molecule has 164 valence electrons. The van der Waals surface area contributed by atoms with Gasteiger partial charge >= 0.3 is 5.97 Å². The lowest BCUT2D eigenvalue weighted by molar-refractivity contribution is -0.138. The van der Waals surface area contributed by atoms with Gasteiger partial charge in [-0.05, 0) is 32.4 Å². The molecule has 0 rings (SSSR count). The van der Waals surface area contributed by atoms with Crippen molar-refractivity contribution in [1.29, 1.82) is 0 Å². The summed E-state index contributed by atoms with van der Waals surface area (Å²) in [6.45, 7) is 3.76. The first-order chi connectivity index (χ1) is 13.1. The van der Waals surface area contributed by atoms with Crippen LogP contribution in [-0.2, 0) is 4.79 Å². The largest absolute Gasteiger partial charge is 0.480 e. The molecule has 7 N–H and O–H groups in total. The molecule has 0 bridgehead atoms. The minimum Gasteiger partial charge on any atom is -0.480 e. The van der Waals surface area contributed by atoms with Crippen molar-refractivity contribution < 1.29 is 9.90 Å². The SMILES string of the molecule is CCCCCCCCCCCCCCCCN.NCCCCC(N)C(=O)O. The molecule has 5 heteroatoms. The summed E-state index contributed by atoms with van der Waals surface area (Å²) in [5, 5.41) is 8.33. The van der Waals surface area contributed by atoms with Gasteiger partial charge in [0.05, 0.1) is 0 Å². The fourth-order valence-electron chi connectivity index (χ4n) is 2.97. The van der Waals surface area contributed by atoms with Crippen LogP contribution in [0.25, 0.3) is 0 Å². The first-order valence-electron chi connectivity index (χ1n) is 11.5. The van der Waals surface area contributed by atoms with E-state index in [0.29, 0.717) is 13.0 Å². The predicted molar refractivity (Wildman–Crippen MR) is 118 cm³/mol. The van der Waals surface area contributed by atoms with E-state index < -0.39 is 12.0 Å². The molecule has 0 fully saturated rings. The number of carboxylic acids is 1. The van der Waals surface area contributed by atoms with Crippen LogP contribution in [0.5, 0.6) is 0 Å². The number of carboxylic acid groups (broad SMARTS) is 1. The third-order valence-electron chi connectivity index (χ3n) is 4.84. The molecule has 0 aromatic carbocycles. The summed E-state index contributed by atoms with van der Waals surface area (Å²) >= 11 is 0. The first kappa shape index (κ1) is 28.6. The van der Waals surface area contributed by atoms with Gasteiger partial charge in [0.1, 0.15) is 6.04 Å². The standard InChI is InChI=1S/C16H35N.C6H14N2O2/c1-2-3-4-5-6-7-8-9-10-11-12-13-14-15-16-17;7-4-2-1-3-5(8)6(9)10/h2-17H2,1H3;5H,1-4,7-8H2,(H,9,10). The van der Waals surface area contributed by atoms with Crippen molar-refractivity contribution in [2.45, 2.75) is 122 Å². The number of unbranched alkanes of at least 4 members (excludes halogenated alkanes) is 14. The summed E-state index contributed by atoms with van der Waals surface area (Å²) in [4.78, 5) is 10.1. The highest BCUT2D eigenvalue weighted by Gasteiger charge is 2.09. The van der Waals surface area contributed by atoms with E-state index in [4.69, 9.17) is 22.3 Å². The van der Waals surface area contributed by atoms with E-state index >= 15 is 0 Å². The molecule has 0 saturated heterocycles. The summed E-state index contributed by atoms with van der Waals surface area (Å²) in [6, 6.07) is -0.716. The molecular weight excluding hydrogens is 338 g/mol. The van der Waals surface area contributed by atoms with Crippen LogP contribution in [0.15, 0.2) is 0 Å². The van der Waals surface area contributed by atoms with Gasteiger partial charge in [-0.25, -0.2) is 0 Å². The summed E-state index contributed by atoms with van der Waals surface area (Å²) in [5.41, 5.74) is 15.9. The van der Waals surface area contributed by atoms with E-state index in [0.717, 1.165) is 19.4 Å². The molecule has 1 unspecified atom stereocenters. The maximum atomic E-state index is 10.1. The lowest BCUT2D eigenvalue weighted by Crippen LogP contribution is -2.29. The second-order valence-corrected chi connectivity index (χ2v) is 7.61. The van der Waals surface area contributed by atoms with E-state index in [9.17, 15) is 4.79 Å². The molecule has 5 nitrogen and oxygen atoms in total. The Kier molecular flexibility index (Phi) is 26.8. The molecule has 0 aliphatic rings. The third-order valence-corrected chi connectivity index (χ3v) is 4.84. The van der Waals surface area contributed by atoms with Crippen molar-refractivity contribution in [2.24, 2.45) is 17.2 Å². The predicted octanol–water partition coefficient (Wildman–Crippen LogP) is 4.95. The summed E-state index contributed by atoms with van der Waals surface area (Å²) < 4.78 is 0. The Bertz CT molecular complexity index is 275. The van der Waals surface area contributed by atoms with E-state index in [2.05, 4.69) is 6.92 Å². The monoisotopic (exact) mass is 387 g/mol. The molecule has 0 saturated carbocycles. The lowest BCUT2D eigenvalue weighted by Gasteiger charge is -2.03. The van der Waals surface area contributed by atoms with Gasteiger partial charge in [-0.15, -0.1) is 0 Å². The van der Waals surface area contributed by atoms with Gasteiger partial charge in [-0.1, -0.05) is 96.8 Å². The minimum atomic E-state index is -0.933. The third kappa shape index (κ3) is 27.7. The van der Waals surface area contributed by atoms with Crippen LogP contribution < -0.4 is 17.2 Å². The Morgan fingerprint density at radius 1 is 0.667 bits per heavy atom. The van der Waals surface area contributed by atoms with E-state index in [1.165, 1.54) is 89.9 Å². The Morgan fingerprint density at radius 2 is 1.00 bits per heavy atom. The highest BCUT2D eigenvalue weighted by molar-refractivity contribution is 5.72. The van der Waals surface area contributed by atoms with Crippen molar-refractivity contribution in [2.75, 3.05) is 13.1 Å². The van der Waals surface area contributed by atoms with E-state index in [1.54, 1.807) is 0 Å². The molecule has 0 aliphatic heterocycles. The van der Waals surface area contributed by atoms with Gasteiger partial charge in [0.2, 0.25) is 0 Å². The zero-order valence-electron chi connectivity index (χ0n) is 18.1. The average Bonchev–Trinajstić information content (AvgIpc) is 2.66. The molecule has 1 atom stereocenters. The highest BCUT2D eigenvalue weighted by Crippen LogP contribution is 2.12. The van der Waals surface area contributed by atoms with Crippen molar-refractivity contribution in [3.63, 3.8) is 0 Å². The molecule has 0 radical (unpaired) electrons. The van der Waals surface area contributed by atoms with Gasteiger partial charge in [0.15, 0.2) is 0 Å². The topological polar surface area (TPSA) is 115 Å². The number of aliphatic carboxylic acids is 1. The van der Waals surface area contributed by atoms with Crippen LogP contribution in [-0.4, -0.2) is 30.2 Å². The Morgan fingerprint density at radius 3 is 1.33 bits per heavy atom. The van der Waals surface area contributed by atoms with Gasteiger partial charge < -0.3 is 22.3 Å². The lowest BCUT2D eigenvalue weighted by atomic mass is 10.0. The Balaban J connectivity index is 0. The van der Waals surface area contributed by atoms with Crippen molar-refractivity contribution in [1.82, 2.24) is 0 Å². The molecule has 0 aromatic heterocycles. The van der Waals surface area contributed by atoms with E-state index in [1.807, 2.05) is 0 Å². The maximum absolute atomic E-state index is 10.1. The van der Waals surface area contributed by atoms with Gasteiger partial charge in [-0.3, -0.25) is 4.79 Å². The average molecular weight is 388 g/mol. The second-order valence-electron chi connectivity index (χ2n) is 7.61. The molecule has 0 spiro atoms. The summed E-state index contributed by atoms with van der Waals surface area (Å²) in [5.74, 6) is -0.933. The normalized spacial score (nSPS) is 11.7. The minimum absolute atomic E-state index is 0.520. The fourth-order valence-corrected chi connectivity index (χ4v) is 2.97. The second kappa shape index (κ2) is 25.4. The first-order valence-corrected chi connectivity index (χ1v) is 11.5. The smallest absolute Gasteiger partial charge is 0.320 e. The molecule has 0 amide bonds. The van der Waals surface area contributed by atoms with Gasteiger partial charge in [-0.2, -0.15) is 0 Å². The maximum Gasteiger partial charge on any atom is 0.320 e. The van der Waals surface area contributed by atoms with Gasteiger partial charge in [0.25, 0.3) is 0 Å².